The van der Waals surface area contributed by atoms with Crippen molar-refractivity contribution in [3.8, 4) is 16.9 Å². The Morgan fingerprint density at radius 3 is 2.36 bits per heavy atom. The van der Waals surface area contributed by atoms with Crippen molar-refractivity contribution in [2.24, 2.45) is 0 Å². The fourth-order valence-electron chi connectivity index (χ4n) is 3.44. The lowest BCUT2D eigenvalue weighted by Crippen LogP contribution is -3.00. The fraction of sp³-hybridized carbons (Fsp3) is 0.250. The molecule has 25 heavy (non-hydrogen) atoms. The van der Waals surface area contributed by atoms with Crippen LogP contribution in [-0.2, 0) is 13.0 Å². The number of aromatic nitrogens is 2. The minimum Gasteiger partial charge on any atom is -1.00 e. The maximum Gasteiger partial charge on any atom is 0.262 e. The zero-order chi connectivity index (χ0) is 16.5. The number of halogens is 3. The normalized spacial score (nSPS) is 13.7. The van der Waals surface area contributed by atoms with E-state index >= 15 is 0 Å². The predicted octanol–water partition coefficient (Wildman–Crippen LogP) is 2.58. The molecule has 3 aromatic rings. The number of rotatable bonds is 2. The van der Waals surface area contributed by atoms with E-state index in [4.69, 9.17) is 11.6 Å². The van der Waals surface area contributed by atoms with Gasteiger partial charge in [-0.1, -0.05) is 27.5 Å². The summed E-state index contributed by atoms with van der Waals surface area (Å²) in [4.78, 5) is 0. The first-order chi connectivity index (χ1) is 11.7. The summed E-state index contributed by atoms with van der Waals surface area (Å²) in [6.45, 7) is 1.10. The molecule has 0 bridgehead atoms. The zero-order valence-electron chi connectivity index (χ0n) is 13.8. The molecule has 0 fully saturated rings. The molecule has 0 N–H and O–H groups in total. The number of hydrogen-bond acceptors (Lipinski definition) is 0. The van der Waals surface area contributed by atoms with Gasteiger partial charge in [-0.3, -0.25) is 0 Å². The summed E-state index contributed by atoms with van der Waals surface area (Å²) in [5.74, 6) is 1.38. The van der Waals surface area contributed by atoms with Crippen molar-refractivity contribution in [1.29, 1.82) is 0 Å². The van der Waals surface area contributed by atoms with Crippen molar-refractivity contribution >= 4 is 27.5 Å². The highest BCUT2D eigenvalue weighted by Gasteiger charge is 2.26. The molecule has 1 aromatic heterocycles. The van der Waals surface area contributed by atoms with Gasteiger partial charge >= 0.3 is 0 Å². The van der Waals surface area contributed by atoms with Gasteiger partial charge in [0.1, 0.15) is 11.9 Å². The molecule has 0 unspecified atom stereocenters. The van der Waals surface area contributed by atoms with Crippen LogP contribution in [0.25, 0.3) is 16.9 Å². The van der Waals surface area contributed by atoms with E-state index in [2.05, 4.69) is 67.7 Å². The number of hydrogen-bond donors (Lipinski definition) is 0. The second-order valence-electron chi connectivity index (χ2n) is 6.25. The van der Waals surface area contributed by atoms with Crippen LogP contribution in [-0.4, -0.2) is 4.57 Å². The van der Waals surface area contributed by atoms with Crippen LogP contribution >= 0.6 is 27.5 Å². The highest BCUT2D eigenvalue weighted by Crippen LogP contribution is 2.28. The van der Waals surface area contributed by atoms with Crippen molar-refractivity contribution in [3.05, 3.63) is 70.0 Å². The average molecular weight is 483 g/mol. The van der Waals surface area contributed by atoms with Gasteiger partial charge in [0, 0.05) is 21.5 Å². The van der Waals surface area contributed by atoms with E-state index in [-0.39, 0.29) is 17.0 Å². The lowest BCUT2D eigenvalue weighted by atomic mass is 10.1. The van der Waals surface area contributed by atoms with Gasteiger partial charge in [-0.2, -0.15) is 4.57 Å². The first-order valence-corrected chi connectivity index (χ1v) is 9.55. The summed E-state index contributed by atoms with van der Waals surface area (Å²) in [6.07, 6.45) is 7.22. The van der Waals surface area contributed by atoms with Crippen molar-refractivity contribution in [3.63, 3.8) is 0 Å². The van der Waals surface area contributed by atoms with Gasteiger partial charge in [0.25, 0.3) is 5.82 Å². The number of aryl methyl sites for hydroxylation is 1. The fourth-order valence-corrected chi connectivity index (χ4v) is 3.83. The van der Waals surface area contributed by atoms with E-state index in [0.717, 1.165) is 22.5 Å². The first-order valence-electron chi connectivity index (χ1n) is 8.38. The average Bonchev–Trinajstić information content (AvgIpc) is 2.79. The van der Waals surface area contributed by atoms with Crippen LogP contribution in [0.4, 0.5) is 0 Å². The Morgan fingerprint density at radius 1 is 0.920 bits per heavy atom. The van der Waals surface area contributed by atoms with Crippen LogP contribution < -0.4 is 21.5 Å². The minimum absolute atomic E-state index is 0. The molecule has 0 spiro atoms. The summed E-state index contributed by atoms with van der Waals surface area (Å²) in [7, 11) is 0. The molecule has 0 amide bonds. The molecule has 1 aliphatic heterocycles. The molecule has 0 aliphatic carbocycles. The van der Waals surface area contributed by atoms with Crippen LogP contribution in [0, 0.1) is 0 Å². The van der Waals surface area contributed by atoms with Crippen LogP contribution in [0.1, 0.15) is 25.1 Å². The van der Waals surface area contributed by atoms with Crippen LogP contribution in [0.5, 0.6) is 0 Å². The monoisotopic (exact) mass is 480 g/mol. The quantitative estimate of drug-likeness (QED) is 0.497. The Balaban J connectivity index is 0.00000182. The Bertz CT molecular complexity index is 855. The van der Waals surface area contributed by atoms with E-state index in [9.17, 15) is 0 Å². The molecule has 0 radical (unpaired) electrons. The topological polar surface area (TPSA) is 8.81 Å². The SMILES string of the molecule is Clc1ccc(-n2c(-c3ccc(Br)cc3)c[n+]3c2CCCCC3)cc1.[Br-]. The summed E-state index contributed by atoms with van der Waals surface area (Å²) in [6, 6.07) is 16.7. The van der Waals surface area contributed by atoms with Crippen LogP contribution in [0.3, 0.4) is 0 Å². The summed E-state index contributed by atoms with van der Waals surface area (Å²) in [5, 5.41) is 0.773. The Kier molecular flexibility index (Phi) is 6.03. The van der Waals surface area contributed by atoms with Gasteiger partial charge < -0.3 is 17.0 Å². The van der Waals surface area contributed by atoms with E-state index in [1.54, 1.807) is 0 Å². The lowest BCUT2D eigenvalue weighted by molar-refractivity contribution is -0.702. The predicted molar refractivity (Wildman–Crippen MR) is 102 cm³/mol. The third kappa shape index (κ3) is 3.86. The Labute approximate surface area is 172 Å². The molecule has 4 rings (SSSR count). The first kappa shape index (κ1) is 18.7. The van der Waals surface area contributed by atoms with Gasteiger partial charge in [0.05, 0.1) is 6.54 Å². The zero-order valence-corrected chi connectivity index (χ0v) is 17.7. The summed E-state index contributed by atoms with van der Waals surface area (Å²) >= 11 is 9.63. The molecule has 0 saturated carbocycles. The highest BCUT2D eigenvalue weighted by molar-refractivity contribution is 9.10. The summed E-state index contributed by atoms with van der Waals surface area (Å²) < 4.78 is 5.93. The van der Waals surface area contributed by atoms with Gasteiger partial charge in [-0.15, -0.1) is 0 Å². The summed E-state index contributed by atoms with van der Waals surface area (Å²) in [5.41, 5.74) is 3.64. The van der Waals surface area contributed by atoms with Gasteiger partial charge in [-0.05, 0) is 67.8 Å². The van der Waals surface area contributed by atoms with Crippen molar-refractivity contribution < 1.29 is 21.5 Å². The smallest absolute Gasteiger partial charge is 0.262 e. The number of imidazole rings is 1. The largest absolute Gasteiger partial charge is 1.00 e. The number of benzene rings is 2. The third-order valence-corrected chi connectivity index (χ3v) is 5.41. The van der Waals surface area contributed by atoms with E-state index in [1.807, 2.05) is 12.1 Å². The molecule has 2 aromatic carbocycles. The maximum absolute atomic E-state index is 6.10. The Morgan fingerprint density at radius 2 is 1.64 bits per heavy atom. The molecule has 2 heterocycles. The molecular formula is C20H19Br2ClN2. The van der Waals surface area contributed by atoms with Gasteiger partial charge in [-0.25, -0.2) is 4.57 Å². The van der Waals surface area contributed by atoms with Gasteiger partial charge in [0.2, 0.25) is 0 Å². The van der Waals surface area contributed by atoms with E-state index < -0.39 is 0 Å². The van der Waals surface area contributed by atoms with Gasteiger partial charge in [0.15, 0.2) is 5.69 Å². The van der Waals surface area contributed by atoms with Crippen LogP contribution in [0.2, 0.25) is 5.02 Å². The van der Waals surface area contributed by atoms with Crippen molar-refractivity contribution in [2.75, 3.05) is 0 Å². The molecule has 0 saturated heterocycles. The minimum atomic E-state index is 0. The standard InChI is InChI=1S/C20H19BrClN2.BrH/c21-16-7-5-15(6-8-16)19-14-23-13-3-1-2-4-20(23)24(19)18-11-9-17(22)10-12-18;/h5-12,14H,1-4,13H2;1H/q+1;/p-1. The number of fused-ring (bicyclic) bond motifs is 1. The van der Waals surface area contributed by atoms with E-state index in [1.165, 1.54) is 42.0 Å². The molecule has 2 nitrogen and oxygen atoms in total. The molecule has 130 valence electrons. The highest BCUT2D eigenvalue weighted by atomic mass is 79.9. The number of nitrogens with zero attached hydrogens (tertiary/aromatic N) is 2. The maximum atomic E-state index is 6.10. The lowest BCUT2D eigenvalue weighted by Gasteiger charge is -2.06. The second-order valence-corrected chi connectivity index (χ2v) is 7.61. The van der Waals surface area contributed by atoms with Crippen LogP contribution in [0.15, 0.2) is 59.2 Å². The molecular weight excluding hydrogens is 463 g/mol. The Hall–Kier alpha value is -1.10. The van der Waals surface area contributed by atoms with Crippen molar-refractivity contribution in [2.45, 2.75) is 32.2 Å². The molecule has 5 heteroatoms. The molecule has 1 aliphatic rings. The second kappa shape index (κ2) is 8.07. The molecule has 0 atom stereocenters. The van der Waals surface area contributed by atoms with Crippen molar-refractivity contribution in [1.82, 2.24) is 4.57 Å². The third-order valence-electron chi connectivity index (χ3n) is 4.63. The van der Waals surface area contributed by atoms with E-state index in [0.29, 0.717) is 0 Å².